The fraction of sp³-hybridized carbons (Fsp3) is 0.971. The second kappa shape index (κ2) is 23.8. The van der Waals surface area contributed by atoms with E-state index in [2.05, 4.69) is 62.3 Å². The minimum atomic E-state index is -2.73. The van der Waals surface area contributed by atoms with Crippen molar-refractivity contribution >= 4 is 51.4 Å². The molecule has 0 aliphatic carbocycles. The van der Waals surface area contributed by atoms with Crippen molar-refractivity contribution in [1.29, 1.82) is 0 Å². The first-order valence-electron chi connectivity index (χ1n) is 17.9. The zero-order valence-electron chi connectivity index (χ0n) is 28.6. The Morgan fingerprint density at radius 1 is 0.538 bits per heavy atom. The van der Waals surface area contributed by atoms with Crippen molar-refractivity contribution in [2.45, 2.75) is 186 Å². The zero-order chi connectivity index (χ0) is 29.6. The predicted molar refractivity (Wildman–Crippen MR) is 186 cm³/mol. The van der Waals surface area contributed by atoms with Crippen molar-refractivity contribution in [3.05, 3.63) is 0 Å². The molecule has 0 aliphatic rings. The van der Waals surface area contributed by atoms with E-state index >= 15 is 0 Å². The summed E-state index contributed by atoms with van der Waals surface area (Å²) in [7, 11) is -1.73. The first-order chi connectivity index (χ1) is 18.8. The summed E-state index contributed by atoms with van der Waals surface area (Å²) in [6, 6.07) is 3.59. The average molecular weight is 780 g/mol. The third-order valence-electron chi connectivity index (χ3n) is 10.6. The normalized spacial score (nSPS) is 13.8. The summed E-state index contributed by atoms with van der Waals surface area (Å²) in [6.07, 6.45) is 18.0. The van der Waals surface area contributed by atoms with Crippen molar-refractivity contribution in [2.75, 3.05) is 6.61 Å². The molecule has 0 bridgehead atoms. The number of unbranched alkanes of at least 4 members (excludes halogenated alkanes) is 6. The number of rotatable bonds is 28. The molecule has 5 heteroatoms. The van der Waals surface area contributed by atoms with Gasteiger partial charge >= 0.3 is 259 Å². The van der Waals surface area contributed by atoms with Crippen molar-refractivity contribution in [2.24, 2.45) is 5.92 Å². The number of carbonyl (C=O) groups is 1. The molecule has 1 atom stereocenters. The van der Waals surface area contributed by atoms with Gasteiger partial charge in [0, 0.05) is 0 Å². The van der Waals surface area contributed by atoms with Gasteiger partial charge < -0.3 is 0 Å². The molecular formula is C34H74O2SiSn2. The minimum absolute atomic E-state index is 0.212. The van der Waals surface area contributed by atoms with Gasteiger partial charge in [-0.2, -0.15) is 0 Å². The summed E-state index contributed by atoms with van der Waals surface area (Å²) in [6.45, 7) is 22.3. The van der Waals surface area contributed by atoms with Crippen LogP contribution in [0.3, 0.4) is 0 Å². The molecule has 1 unspecified atom stereocenters. The van der Waals surface area contributed by atoms with E-state index in [1.165, 1.54) is 101 Å². The van der Waals surface area contributed by atoms with E-state index in [1.807, 2.05) is 0 Å². The fourth-order valence-electron chi connectivity index (χ4n) is 7.96. The van der Waals surface area contributed by atoms with Gasteiger partial charge in [-0.25, -0.2) is 0 Å². The molecular weight excluding hydrogens is 706 g/mol. The first kappa shape index (κ1) is 40.4. The molecule has 0 heterocycles. The molecule has 39 heavy (non-hydrogen) atoms. The summed E-state index contributed by atoms with van der Waals surface area (Å²) < 4.78 is 17.3. The Morgan fingerprint density at radius 3 is 1.03 bits per heavy atom. The zero-order valence-corrected chi connectivity index (χ0v) is 35.3. The molecule has 0 saturated carbocycles. The number of hydrogen-bond acceptors (Lipinski definition) is 2. The van der Waals surface area contributed by atoms with Crippen molar-refractivity contribution in [1.82, 2.24) is 0 Å². The molecule has 0 fully saturated rings. The van der Waals surface area contributed by atoms with Gasteiger partial charge in [-0.1, -0.05) is 0 Å². The molecule has 0 aromatic heterocycles. The maximum absolute atomic E-state index is 13.5. The SMILES string of the molecule is CCC[CH2][Sn]([CH2]CCC)([CH2]CCC)[CH](C(C=O)CO[Si](CC)(CC)CC)[Sn]([CH2]CCC)([CH2]CCC)[CH2]CCC. The van der Waals surface area contributed by atoms with Crippen LogP contribution in [0.1, 0.15) is 139 Å². The molecule has 0 amide bonds. The van der Waals surface area contributed by atoms with Crippen LogP contribution in [0.15, 0.2) is 0 Å². The Hall–Kier alpha value is 1.44. The third kappa shape index (κ3) is 13.3. The van der Waals surface area contributed by atoms with Crippen molar-refractivity contribution in [3.63, 3.8) is 0 Å². The number of hydrogen-bond donors (Lipinski definition) is 0. The molecule has 0 aromatic rings. The molecule has 234 valence electrons. The van der Waals surface area contributed by atoms with Crippen molar-refractivity contribution < 1.29 is 9.22 Å². The predicted octanol–water partition coefficient (Wildman–Crippen LogP) is 12.4. The van der Waals surface area contributed by atoms with Crippen LogP contribution in [0.2, 0.25) is 46.7 Å². The maximum atomic E-state index is 13.5. The van der Waals surface area contributed by atoms with Crippen LogP contribution in [-0.2, 0) is 9.22 Å². The monoisotopic (exact) mass is 782 g/mol. The fourth-order valence-corrected chi connectivity index (χ4v) is 89.7. The quantitative estimate of drug-likeness (QED) is 0.0584. The third-order valence-corrected chi connectivity index (χ3v) is 71.8. The van der Waals surface area contributed by atoms with E-state index in [4.69, 9.17) is 4.43 Å². The Kier molecular flexibility index (Phi) is 24.7. The topological polar surface area (TPSA) is 26.3 Å². The Balaban J connectivity index is 7.25. The second-order valence-electron chi connectivity index (χ2n) is 13.2. The van der Waals surface area contributed by atoms with Gasteiger partial charge in [0.15, 0.2) is 0 Å². The first-order valence-corrected chi connectivity index (χ1v) is 35.9. The van der Waals surface area contributed by atoms with Crippen LogP contribution < -0.4 is 0 Å². The average Bonchev–Trinajstić information content (AvgIpc) is 2.97. The van der Waals surface area contributed by atoms with Crippen LogP contribution >= 0.6 is 0 Å². The van der Waals surface area contributed by atoms with Gasteiger partial charge in [-0.3, -0.25) is 0 Å². The van der Waals surface area contributed by atoms with Gasteiger partial charge in [-0.05, 0) is 0 Å². The van der Waals surface area contributed by atoms with Gasteiger partial charge in [-0.15, -0.1) is 0 Å². The molecule has 0 saturated heterocycles. The Morgan fingerprint density at radius 2 is 0.821 bits per heavy atom. The Labute approximate surface area is 257 Å². The number of aldehydes is 1. The molecule has 2 nitrogen and oxygen atoms in total. The molecule has 0 radical (unpaired) electrons. The van der Waals surface area contributed by atoms with Gasteiger partial charge in [0.1, 0.15) is 0 Å². The molecule has 0 N–H and O–H groups in total. The Bertz CT molecular complexity index is 498. The summed E-state index contributed by atoms with van der Waals surface area (Å²) in [5.74, 6) is 0.212. The molecule has 0 spiro atoms. The van der Waals surface area contributed by atoms with E-state index in [-0.39, 0.29) is 5.92 Å². The molecule has 0 rings (SSSR count). The standard InChI is InChI=1S/C10H20O2Si.6C4H9.2Sn/c1-5-13(6-2,7-3)12-9-10(4)8-11;6*1-3-4-2;;/h4,8,10H,5-7,9H2,1-3H3;6*1,3-4H2,2H3;;. The van der Waals surface area contributed by atoms with Crippen LogP contribution in [0.4, 0.5) is 0 Å². The van der Waals surface area contributed by atoms with E-state index in [9.17, 15) is 4.79 Å². The summed E-state index contributed by atoms with van der Waals surface area (Å²) in [5, 5.41) is 0. The van der Waals surface area contributed by atoms with Crippen LogP contribution in [-0.4, -0.2) is 58.0 Å². The summed E-state index contributed by atoms with van der Waals surface area (Å²) in [5.41, 5.74) is 0. The van der Waals surface area contributed by atoms with Crippen LogP contribution in [0, 0.1) is 5.92 Å². The van der Waals surface area contributed by atoms with Gasteiger partial charge in [0.05, 0.1) is 0 Å². The van der Waals surface area contributed by atoms with Gasteiger partial charge in [0.25, 0.3) is 0 Å². The molecule has 0 aliphatic heterocycles. The van der Waals surface area contributed by atoms with Crippen LogP contribution in [0.25, 0.3) is 0 Å². The summed E-state index contributed by atoms with van der Waals surface area (Å²) in [4.78, 5) is 13.5. The summed E-state index contributed by atoms with van der Waals surface area (Å²) >= 11 is -5.45. The van der Waals surface area contributed by atoms with E-state index in [0.717, 1.165) is 8.56 Å². The number of carbonyl (C=O) groups excluding carboxylic acids is 1. The van der Waals surface area contributed by atoms with E-state index in [1.54, 1.807) is 26.6 Å². The van der Waals surface area contributed by atoms with Gasteiger partial charge in [0.2, 0.25) is 0 Å². The van der Waals surface area contributed by atoms with Crippen LogP contribution in [0.5, 0.6) is 0 Å². The second-order valence-corrected chi connectivity index (χ2v) is 50.3. The van der Waals surface area contributed by atoms with E-state index < -0.39 is 45.1 Å². The molecule has 0 aromatic carbocycles. The van der Waals surface area contributed by atoms with E-state index in [0.29, 0.717) is 0 Å². The van der Waals surface area contributed by atoms with Crippen molar-refractivity contribution in [3.8, 4) is 0 Å².